The number of hydrogen-bond donors (Lipinski definition) is 1. The summed E-state index contributed by atoms with van der Waals surface area (Å²) >= 11 is 0. The molecule has 0 spiro atoms. The summed E-state index contributed by atoms with van der Waals surface area (Å²) in [5, 5.41) is 0. The average molecular weight is 249 g/mol. The number of aryl methyl sites for hydroxylation is 2. The molecule has 1 heterocycles. The maximum Gasteiger partial charge on any atom is 0.122 e. The number of nitrogens with two attached hydrogens (primary N) is 1. The molecular weight excluding hydrogens is 226 g/mol. The lowest BCUT2D eigenvalue weighted by atomic mass is 9.90. The SMILES string of the molecule is COc1cc(C)c(C(N)C2OCCC2C)cc1C. The Morgan fingerprint density at radius 2 is 2.06 bits per heavy atom. The molecule has 1 aromatic carbocycles. The van der Waals surface area contributed by atoms with Gasteiger partial charge in [0.25, 0.3) is 0 Å². The third kappa shape index (κ3) is 2.38. The quantitative estimate of drug-likeness (QED) is 0.895. The molecule has 2 N–H and O–H groups in total. The van der Waals surface area contributed by atoms with E-state index in [0.717, 1.165) is 24.3 Å². The minimum atomic E-state index is -0.0490. The van der Waals surface area contributed by atoms with Crippen LogP contribution in [0.25, 0.3) is 0 Å². The summed E-state index contributed by atoms with van der Waals surface area (Å²) in [6.07, 6.45) is 1.24. The maximum atomic E-state index is 6.39. The zero-order chi connectivity index (χ0) is 13.3. The Labute approximate surface area is 109 Å². The van der Waals surface area contributed by atoms with E-state index in [9.17, 15) is 0 Å². The second-order valence-corrected chi connectivity index (χ2v) is 5.31. The van der Waals surface area contributed by atoms with E-state index >= 15 is 0 Å². The highest BCUT2D eigenvalue weighted by molar-refractivity contribution is 5.43. The van der Waals surface area contributed by atoms with E-state index in [1.54, 1.807) is 7.11 Å². The van der Waals surface area contributed by atoms with Crippen molar-refractivity contribution in [3.05, 3.63) is 28.8 Å². The number of benzene rings is 1. The molecule has 1 aliphatic rings. The van der Waals surface area contributed by atoms with Gasteiger partial charge in [-0.2, -0.15) is 0 Å². The first-order chi connectivity index (χ1) is 8.54. The summed E-state index contributed by atoms with van der Waals surface area (Å²) in [4.78, 5) is 0. The molecule has 3 heteroatoms. The molecule has 1 aliphatic heterocycles. The Morgan fingerprint density at radius 3 is 2.61 bits per heavy atom. The van der Waals surface area contributed by atoms with Crippen LogP contribution in [-0.2, 0) is 4.74 Å². The van der Waals surface area contributed by atoms with Crippen LogP contribution < -0.4 is 10.5 Å². The van der Waals surface area contributed by atoms with Crippen LogP contribution in [0.5, 0.6) is 5.75 Å². The van der Waals surface area contributed by atoms with E-state index in [-0.39, 0.29) is 12.1 Å². The van der Waals surface area contributed by atoms with Crippen molar-refractivity contribution < 1.29 is 9.47 Å². The largest absolute Gasteiger partial charge is 0.496 e. The smallest absolute Gasteiger partial charge is 0.122 e. The minimum Gasteiger partial charge on any atom is -0.496 e. The molecule has 18 heavy (non-hydrogen) atoms. The van der Waals surface area contributed by atoms with Crippen molar-refractivity contribution in [3.8, 4) is 5.75 Å². The van der Waals surface area contributed by atoms with Gasteiger partial charge in [0.1, 0.15) is 5.75 Å². The molecule has 0 aromatic heterocycles. The lowest BCUT2D eigenvalue weighted by Gasteiger charge is -2.25. The molecule has 0 aliphatic carbocycles. The lowest BCUT2D eigenvalue weighted by molar-refractivity contribution is 0.0723. The van der Waals surface area contributed by atoms with Gasteiger partial charge in [-0.15, -0.1) is 0 Å². The molecule has 0 amide bonds. The van der Waals surface area contributed by atoms with Crippen LogP contribution in [0.3, 0.4) is 0 Å². The van der Waals surface area contributed by atoms with Gasteiger partial charge in [0.05, 0.1) is 19.3 Å². The summed E-state index contributed by atoms with van der Waals surface area (Å²) in [6, 6.07) is 4.14. The number of ether oxygens (including phenoxy) is 2. The second-order valence-electron chi connectivity index (χ2n) is 5.31. The Balaban J connectivity index is 2.30. The molecule has 2 rings (SSSR count). The summed E-state index contributed by atoms with van der Waals surface area (Å²) in [5.74, 6) is 1.45. The van der Waals surface area contributed by atoms with E-state index < -0.39 is 0 Å². The van der Waals surface area contributed by atoms with Gasteiger partial charge in [0.2, 0.25) is 0 Å². The first-order valence-electron chi connectivity index (χ1n) is 6.57. The van der Waals surface area contributed by atoms with E-state index in [1.807, 2.05) is 6.92 Å². The van der Waals surface area contributed by atoms with Crippen molar-refractivity contribution in [1.82, 2.24) is 0 Å². The molecule has 1 fully saturated rings. The number of hydrogen-bond acceptors (Lipinski definition) is 3. The van der Waals surface area contributed by atoms with E-state index in [0.29, 0.717) is 5.92 Å². The predicted octanol–water partition coefficient (Wildman–Crippen LogP) is 2.74. The summed E-state index contributed by atoms with van der Waals surface area (Å²) < 4.78 is 11.1. The van der Waals surface area contributed by atoms with Gasteiger partial charge in [0, 0.05) is 6.61 Å². The Hall–Kier alpha value is -1.06. The van der Waals surface area contributed by atoms with Crippen molar-refractivity contribution >= 4 is 0 Å². The molecule has 1 saturated heterocycles. The van der Waals surface area contributed by atoms with Gasteiger partial charge in [-0.3, -0.25) is 0 Å². The average Bonchev–Trinajstić information content (AvgIpc) is 2.77. The van der Waals surface area contributed by atoms with Crippen molar-refractivity contribution in [2.45, 2.75) is 39.3 Å². The molecule has 0 bridgehead atoms. The van der Waals surface area contributed by atoms with Gasteiger partial charge in [-0.05, 0) is 48.9 Å². The summed E-state index contributed by atoms with van der Waals surface area (Å²) in [5.41, 5.74) is 9.86. The lowest BCUT2D eigenvalue weighted by Crippen LogP contribution is -2.30. The molecule has 0 saturated carbocycles. The van der Waals surface area contributed by atoms with Crippen LogP contribution in [0.15, 0.2) is 12.1 Å². The number of methoxy groups -OCH3 is 1. The zero-order valence-corrected chi connectivity index (χ0v) is 11.7. The maximum absolute atomic E-state index is 6.39. The van der Waals surface area contributed by atoms with Gasteiger partial charge in [-0.25, -0.2) is 0 Å². The highest BCUT2D eigenvalue weighted by Crippen LogP contribution is 2.33. The Bertz CT molecular complexity index is 431. The second kappa shape index (κ2) is 5.29. The number of rotatable bonds is 3. The summed E-state index contributed by atoms with van der Waals surface area (Å²) in [6.45, 7) is 7.17. The first-order valence-corrected chi connectivity index (χ1v) is 6.57. The fraction of sp³-hybridized carbons (Fsp3) is 0.600. The zero-order valence-electron chi connectivity index (χ0n) is 11.7. The normalized spacial score (nSPS) is 25.2. The van der Waals surface area contributed by atoms with E-state index in [2.05, 4.69) is 26.0 Å². The van der Waals surface area contributed by atoms with Crippen LogP contribution in [0, 0.1) is 19.8 Å². The van der Waals surface area contributed by atoms with Crippen molar-refractivity contribution in [2.75, 3.05) is 13.7 Å². The monoisotopic (exact) mass is 249 g/mol. The van der Waals surface area contributed by atoms with Gasteiger partial charge >= 0.3 is 0 Å². The topological polar surface area (TPSA) is 44.5 Å². The Morgan fingerprint density at radius 1 is 1.33 bits per heavy atom. The fourth-order valence-electron chi connectivity index (χ4n) is 2.74. The molecule has 3 atom stereocenters. The molecule has 3 unspecified atom stereocenters. The molecule has 0 radical (unpaired) electrons. The van der Waals surface area contributed by atoms with Crippen molar-refractivity contribution in [2.24, 2.45) is 11.7 Å². The Kier molecular flexibility index (Phi) is 3.93. The molecule has 100 valence electrons. The van der Waals surface area contributed by atoms with Crippen LogP contribution in [-0.4, -0.2) is 19.8 Å². The fourth-order valence-corrected chi connectivity index (χ4v) is 2.74. The van der Waals surface area contributed by atoms with Gasteiger partial charge in [-0.1, -0.05) is 13.0 Å². The predicted molar refractivity (Wildman–Crippen MR) is 72.9 cm³/mol. The van der Waals surface area contributed by atoms with Crippen molar-refractivity contribution in [3.63, 3.8) is 0 Å². The van der Waals surface area contributed by atoms with Crippen LogP contribution in [0.1, 0.15) is 36.1 Å². The molecular formula is C15H23NO2. The minimum absolute atomic E-state index is 0.0490. The van der Waals surface area contributed by atoms with Crippen LogP contribution in [0.4, 0.5) is 0 Å². The highest BCUT2D eigenvalue weighted by Gasteiger charge is 2.31. The van der Waals surface area contributed by atoms with E-state index in [4.69, 9.17) is 15.2 Å². The third-order valence-corrected chi connectivity index (χ3v) is 3.94. The van der Waals surface area contributed by atoms with Gasteiger partial charge in [0.15, 0.2) is 0 Å². The van der Waals surface area contributed by atoms with Crippen LogP contribution >= 0.6 is 0 Å². The van der Waals surface area contributed by atoms with E-state index in [1.165, 1.54) is 11.1 Å². The third-order valence-electron chi connectivity index (χ3n) is 3.94. The molecule has 1 aromatic rings. The molecule has 3 nitrogen and oxygen atoms in total. The van der Waals surface area contributed by atoms with Gasteiger partial charge < -0.3 is 15.2 Å². The highest BCUT2D eigenvalue weighted by atomic mass is 16.5. The van der Waals surface area contributed by atoms with Crippen LogP contribution in [0.2, 0.25) is 0 Å². The van der Waals surface area contributed by atoms with Crippen molar-refractivity contribution in [1.29, 1.82) is 0 Å². The standard InChI is InChI=1S/C15H23NO2/c1-9-5-6-18-15(9)14(16)12-7-11(3)13(17-4)8-10(12)2/h7-9,14-15H,5-6,16H2,1-4H3. The first kappa shape index (κ1) is 13.4. The summed E-state index contributed by atoms with van der Waals surface area (Å²) in [7, 11) is 1.70.